The van der Waals surface area contributed by atoms with Gasteiger partial charge in [-0.05, 0) is 44.4 Å². The maximum atomic E-state index is 12.7. The van der Waals surface area contributed by atoms with Crippen molar-refractivity contribution in [2.24, 2.45) is 28.8 Å². The number of nitrogens with zero attached hydrogens (tertiary/aromatic N) is 1. The number of hydrogen-bond donors (Lipinski definition) is 1. The van der Waals surface area contributed by atoms with Crippen molar-refractivity contribution in [2.45, 2.75) is 82.9 Å². The van der Waals surface area contributed by atoms with Gasteiger partial charge in [-0.2, -0.15) is 5.10 Å². The summed E-state index contributed by atoms with van der Waals surface area (Å²) >= 11 is 6.44. The van der Waals surface area contributed by atoms with Crippen LogP contribution in [0.2, 0.25) is 0 Å². The Balaban J connectivity index is 1.58. The van der Waals surface area contributed by atoms with Crippen LogP contribution in [0.5, 0.6) is 0 Å². The van der Waals surface area contributed by atoms with E-state index in [1.54, 1.807) is 0 Å². The van der Waals surface area contributed by atoms with E-state index >= 15 is 0 Å². The summed E-state index contributed by atoms with van der Waals surface area (Å²) in [7, 11) is 0. The Morgan fingerprint density at radius 1 is 0.913 bits per heavy atom. The van der Waals surface area contributed by atoms with Gasteiger partial charge >= 0.3 is 0 Å². The molecule has 5 unspecified atom stereocenters. The van der Waals surface area contributed by atoms with Crippen molar-refractivity contribution in [1.29, 1.82) is 0 Å². The molecule has 0 aromatic carbocycles. The van der Waals surface area contributed by atoms with E-state index in [0.717, 1.165) is 30.9 Å². The average Bonchev–Trinajstić information content (AvgIpc) is 2.59. The molecule has 4 heteroatoms. The molecular formula is C19H31ClN2O. The molecule has 0 heterocycles. The number of carbonyl (C=O) groups is 1. The van der Waals surface area contributed by atoms with E-state index in [4.69, 9.17) is 11.6 Å². The molecule has 0 spiro atoms. The highest BCUT2D eigenvalue weighted by Crippen LogP contribution is 2.43. The van der Waals surface area contributed by atoms with Gasteiger partial charge in [0.2, 0.25) is 5.91 Å². The van der Waals surface area contributed by atoms with E-state index in [1.165, 1.54) is 51.4 Å². The van der Waals surface area contributed by atoms with Crippen molar-refractivity contribution >= 4 is 23.2 Å². The molecule has 0 bridgehead atoms. The monoisotopic (exact) mass is 338 g/mol. The van der Waals surface area contributed by atoms with E-state index in [1.807, 2.05) is 6.92 Å². The molecule has 0 saturated heterocycles. The van der Waals surface area contributed by atoms with Gasteiger partial charge in [-0.3, -0.25) is 4.79 Å². The lowest BCUT2D eigenvalue weighted by atomic mass is 9.65. The van der Waals surface area contributed by atoms with Crippen molar-refractivity contribution in [3.05, 3.63) is 0 Å². The summed E-state index contributed by atoms with van der Waals surface area (Å²) in [5, 5.41) is 4.63. The number of halogens is 1. The highest BCUT2D eigenvalue weighted by molar-refractivity contribution is 6.22. The van der Waals surface area contributed by atoms with Crippen LogP contribution in [0.4, 0.5) is 0 Å². The Morgan fingerprint density at radius 3 is 2.39 bits per heavy atom. The van der Waals surface area contributed by atoms with Crippen LogP contribution in [0.25, 0.3) is 0 Å². The Labute approximate surface area is 145 Å². The molecule has 3 aliphatic rings. The first-order chi connectivity index (χ1) is 11.2. The maximum absolute atomic E-state index is 12.7. The quantitative estimate of drug-likeness (QED) is 0.444. The molecule has 3 fully saturated rings. The van der Waals surface area contributed by atoms with Crippen LogP contribution in [0.1, 0.15) is 77.6 Å². The van der Waals surface area contributed by atoms with Crippen LogP contribution in [0, 0.1) is 23.7 Å². The molecule has 3 aliphatic carbocycles. The minimum absolute atomic E-state index is 0.155. The largest absolute Gasteiger partial charge is 0.273 e. The van der Waals surface area contributed by atoms with Crippen molar-refractivity contribution in [1.82, 2.24) is 5.43 Å². The Kier molecular flexibility index (Phi) is 6.01. The van der Waals surface area contributed by atoms with Crippen LogP contribution in [-0.2, 0) is 4.79 Å². The highest BCUT2D eigenvalue weighted by Gasteiger charge is 2.38. The fourth-order valence-electron chi connectivity index (χ4n) is 5.13. The van der Waals surface area contributed by atoms with E-state index in [-0.39, 0.29) is 17.2 Å². The summed E-state index contributed by atoms with van der Waals surface area (Å²) in [6.45, 7) is 2.02. The van der Waals surface area contributed by atoms with Crippen molar-refractivity contribution in [2.75, 3.05) is 0 Å². The molecule has 0 radical (unpaired) electrons. The summed E-state index contributed by atoms with van der Waals surface area (Å²) in [4.78, 5) is 12.7. The van der Waals surface area contributed by atoms with Crippen LogP contribution in [0.3, 0.4) is 0 Å². The molecule has 1 amide bonds. The van der Waals surface area contributed by atoms with Gasteiger partial charge in [-0.25, -0.2) is 5.43 Å². The summed E-state index contributed by atoms with van der Waals surface area (Å²) in [6.07, 6.45) is 13.4. The number of fused-ring (bicyclic) bond motifs is 1. The Morgan fingerprint density at radius 2 is 1.57 bits per heavy atom. The van der Waals surface area contributed by atoms with Gasteiger partial charge in [-0.1, -0.05) is 44.9 Å². The summed E-state index contributed by atoms with van der Waals surface area (Å²) in [6, 6.07) is 0. The van der Waals surface area contributed by atoms with Crippen LogP contribution in [-0.4, -0.2) is 17.0 Å². The summed E-state index contributed by atoms with van der Waals surface area (Å²) in [5.41, 5.74) is 3.90. The van der Waals surface area contributed by atoms with Crippen molar-refractivity contribution in [3.8, 4) is 0 Å². The third-order valence-electron chi connectivity index (χ3n) is 6.47. The molecule has 3 nitrogen and oxygen atoms in total. The molecule has 0 aliphatic heterocycles. The number of alkyl halides is 1. The van der Waals surface area contributed by atoms with E-state index in [2.05, 4.69) is 10.5 Å². The third kappa shape index (κ3) is 4.10. The molecular weight excluding hydrogens is 308 g/mol. The van der Waals surface area contributed by atoms with Crippen LogP contribution < -0.4 is 5.43 Å². The number of carbonyl (C=O) groups excluding carboxylic acids is 1. The molecule has 130 valence electrons. The zero-order valence-electron chi connectivity index (χ0n) is 14.4. The minimum atomic E-state index is 0.155. The summed E-state index contributed by atoms with van der Waals surface area (Å²) < 4.78 is 0. The van der Waals surface area contributed by atoms with Crippen LogP contribution >= 0.6 is 11.6 Å². The van der Waals surface area contributed by atoms with Gasteiger partial charge in [0.25, 0.3) is 0 Å². The van der Waals surface area contributed by atoms with Crippen LogP contribution in [0.15, 0.2) is 5.10 Å². The van der Waals surface area contributed by atoms with Gasteiger partial charge in [0, 0.05) is 22.9 Å². The number of amides is 1. The second-order valence-electron chi connectivity index (χ2n) is 7.88. The molecule has 3 saturated carbocycles. The topological polar surface area (TPSA) is 41.5 Å². The average molecular weight is 339 g/mol. The molecule has 23 heavy (non-hydrogen) atoms. The maximum Gasteiger partial charge on any atom is 0.243 e. The smallest absolute Gasteiger partial charge is 0.243 e. The predicted molar refractivity (Wildman–Crippen MR) is 95.6 cm³/mol. The normalized spacial score (nSPS) is 38.7. The highest BCUT2D eigenvalue weighted by atomic mass is 35.5. The molecule has 1 N–H and O–H groups in total. The lowest BCUT2D eigenvalue weighted by Crippen LogP contribution is -2.40. The van der Waals surface area contributed by atoms with E-state index in [9.17, 15) is 4.79 Å². The van der Waals surface area contributed by atoms with Gasteiger partial charge < -0.3 is 0 Å². The number of nitrogens with one attached hydrogen (secondary N) is 1. The molecule has 0 aromatic heterocycles. The molecule has 0 aromatic rings. The molecule has 3 rings (SSSR count). The fraction of sp³-hybridized carbons (Fsp3) is 0.895. The van der Waals surface area contributed by atoms with Gasteiger partial charge in [0.05, 0.1) is 0 Å². The number of rotatable bonds is 3. The number of hydrazone groups is 1. The lowest BCUT2D eigenvalue weighted by molar-refractivity contribution is -0.129. The summed E-state index contributed by atoms with van der Waals surface area (Å²) in [5.74, 6) is 2.05. The Bertz CT molecular complexity index is 449. The van der Waals surface area contributed by atoms with Crippen molar-refractivity contribution < 1.29 is 4.79 Å². The van der Waals surface area contributed by atoms with Gasteiger partial charge in [-0.15, -0.1) is 11.6 Å². The SMILES string of the molecule is C/C(=N\NC(=O)C1CCCC2CCCCC21)C1CCCCC1Cl. The van der Waals surface area contributed by atoms with Crippen molar-refractivity contribution in [3.63, 3.8) is 0 Å². The first-order valence-corrected chi connectivity index (χ1v) is 10.1. The van der Waals surface area contributed by atoms with Gasteiger partial charge in [0.1, 0.15) is 0 Å². The standard InChI is InChI=1S/C19H31ClN2O/c1-13(15-9-4-5-12-18(15)20)21-22-19(23)17-11-6-8-14-7-2-3-10-16(14)17/h14-18H,2-12H2,1H3,(H,22,23)/b21-13+. The van der Waals surface area contributed by atoms with E-state index < -0.39 is 0 Å². The minimum Gasteiger partial charge on any atom is -0.273 e. The fourth-order valence-corrected chi connectivity index (χ4v) is 5.59. The predicted octanol–water partition coefficient (Wildman–Crippen LogP) is 4.88. The zero-order valence-corrected chi connectivity index (χ0v) is 15.2. The first kappa shape index (κ1) is 17.3. The lowest BCUT2D eigenvalue weighted by Gasteiger charge is -2.40. The zero-order chi connectivity index (χ0) is 16.2. The second-order valence-corrected chi connectivity index (χ2v) is 8.44. The first-order valence-electron chi connectivity index (χ1n) is 9.65. The second kappa shape index (κ2) is 8.00. The Hall–Kier alpha value is -0.570. The number of hydrogen-bond acceptors (Lipinski definition) is 2. The third-order valence-corrected chi connectivity index (χ3v) is 6.99. The van der Waals surface area contributed by atoms with Gasteiger partial charge in [0.15, 0.2) is 0 Å². The van der Waals surface area contributed by atoms with E-state index in [0.29, 0.717) is 11.8 Å². The molecule has 5 atom stereocenters.